The molecule has 3 rings (SSSR count). The van der Waals surface area contributed by atoms with Crippen LogP contribution in [0.2, 0.25) is 0 Å². The number of para-hydroxylation sites is 1. The number of nitrogens with zero attached hydrogens (tertiary/aromatic N) is 1. The minimum absolute atomic E-state index is 0.00778. The Hall–Kier alpha value is -3.15. The molecule has 0 spiro atoms. The molecular formula is C22H25N3O3. The number of aryl methyl sites for hydroxylation is 1. The lowest BCUT2D eigenvalue weighted by atomic mass is 10.1. The quantitative estimate of drug-likeness (QED) is 0.838. The molecule has 0 aromatic heterocycles. The van der Waals surface area contributed by atoms with Gasteiger partial charge in [-0.15, -0.1) is 0 Å². The van der Waals surface area contributed by atoms with E-state index in [1.54, 1.807) is 29.2 Å². The maximum absolute atomic E-state index is 12.8. The van der Waals surface area contributed by atoms with Gasteiger partial charge in [-0.2, -0.15) is 0 Å². The van der Waals surface area contributed by atoms with E-state index in [0.29, 0.717) is 17.8 Å². The first-order chi connectivity index (χ1) is 13.3. The molecule has 1 aliphatic heterocycles. The Labute approximate surface area is 164 Å². The summed E-state index contributed by atoms with van der Waals surface area (Å²) in [5, 5.41) is 5.66. The van der Waals surface area contributed by atoms with Crippen LogP contribution in [0.5, 0.6) is 0 Å². The summed E-state index contributed by atoms with van der Waals surface area (Å²) in [7, 11) is 0. The molecule has 1 fully saturated rings. The van der Waals surface area contributed by atoms with Crippen LogP contribution in [-0.4, -0.2) is 30.3 Å². The van der Waals surface area contributed by atoms with Gasteiger partial charge in [0.2, 0.25) is 11.8 Å². The Kier molecular flexibility index (Phi) is 5.78. The van der Waals surface area contributed by atoms with Gasteiger partial charge >= 0.3 is 0 Å². The Morgan fingerprint density at radius 2 is 1.86 bits per heavy atom. The van der Waals surface area contributed by atoms with Gasteiger partial charge in [-0.3, -0.25) is 14.4 Å². The number of carbonyl (C=O) groups excluding carboxylic acids is 3. The van der Waals surface area contributed by atoms with Crippen molar-refractivity contribution in [3.8, 4) is 0 Å². The Balaban J connectivity index is 1.73. The number of anilines is 2. The van der Waals surface area contributed by atoms with Crippen LogP contribution in [0.4, 0.5) is 11.4 Å². The first-order valence-corrected chi connectivity index (χ1v) is 9.43. The van der Waals surface area contributed by atoms with Crippen molar-refractivity contribution in [1.82, 2.24) is 5.32 Å². The highest BCUT2D eigenvalue weighted by atomic mass is 16.2. The van der Waals surface area contributed by atoms with Gasteiger partial charge in [-0.25, -0.2) is 0 Å². The molecule has 28 heavy (non-hydrogen) atoms. The first kappa shape index (κ1) is 19.6. The van der Waals surface area contributed by atoms with Gasteiger partial charge in [0.25, 0.3) is 5.91 Å². The molecule has 146 valence electrons. The molecule has 1 saturated heterocycles. The largest absolute Gasteiger partial charge is 0.350 e. The summed E-state index contributed by atoms with van der Waals surface area (Å²) in [5.41, 5.74) is 2.72. The van der Waals surface area contributed by atoms with E-state index >= 15 is 0 Å². The maximum Gasteiger partial charge on any atom is 0.253 e. The standard InChI is InChI=1S/C22H25N3O3/c1-14(2)23-22(28)18-9-4-5-10-19(18)24-21(27)16-12-20(26)25(13-16)17-8-6-7-15(3)11-17/h4-11,14,16H,12-13H2,1-3H3,(H,23,28)(H,24,27)/t16-/m1/s1. The number of nitrogens with one attached hydrogen (secondary N) is 2. The van der Waals surface area contributed by atoms with Gasteiger partial charge in [0.15, 0.2) is 0 Å². The summed E-state index contributed by atoms with van der Waals surface area (Å²) >= 11 is 0. The monoisotopic (exact) mass is 379 g/mol. The van der Waals surface area contributed by atoms with Crippen molar-refractivity contribution < 1.29 is 14.4 Å². The van der Waals surface area contributed by atoms with Gasteiger partial charge in [0, 0.05) is 24.7 Å². The van der Waals surface area contributed by atoms with Crippen LogP contribution in [0.15, 0.2) is 48.5 Å². The summed E-state index contributed by atoms with van der Waals surface area (Å²) in [6, 6.07) is 14.5. The van der Waals surface area contributed by atoms with Crippen molar-refractivity contribution >= 4 is 29.1 Å². The molecule has 0 saturated carbocycles. The molecule has 2 aromatic carbocycles. The predicted molar refractivity (Wildman–Crippen MR) is 109 cm³/mol. The SMILES string of the molecule is Cc1cccc(N2C[C@H](C(=O)Nc3ccccc3C(=O)NC(C)C)CC2=O)c1. The van der Waals surface area contributed by atoms with Crippen molar-refractivity contribution in [3.05, 3.63) is 59.7 Å². The normalized spacial score (nSPS) is 16.4. The molecule has 2 aromatic rings. The van der Waals surface area contributed by atoms with Crippen LogP contribution < -0.4 is 15.5 Å². The van der Waals surface area contributed by atoms with Crippen molar-refractivity contribution in [1.29, 1.82) is 0 Å². The van der Waals surface area contributed by atoms with E-state index in [1.165, 1.54) is 0 Å². The average Bonchev–Trinajstić information content (AvgIpc) is 3.03. The van der Waals surface area contributed by atoms with E-state index in [-0.39, 0.29) is 30.2 Å². The van der Waals surface area contributed by atoms with Crippen molar-refractivity contribution in [2.45, 2.75) is 33.2 Å². The molecule has 6 heteroatoms. The average molecular weight is 379 g/mol. The highest BCUT2D eigenvalue weighted by Crippen LogP contribution is 2.27. The second kappa shape index (κ2) is 8.25. The fourth-order valence-corrected chi connectivity index (χ4v) is 3.29. The van der Waals surface area contributed by atoms with Crippen LogP contribution in [0.3, 0.4) is 0 Å². The predicted octanol–water partition coefficient (Wildman–Crippen LogP) is 3.12. The van der Waals surface area contributed by atoms with Gasteiger partial charge < -0.3 is 15.5 Å². The summed E-state index contributed by atoms with van der Waals surface area (Å²) in [6.45, 7) is 6.05. The Morgan fingerprint density at radius 1 is 1.11 bits per heavy atom. The molecule has 0 unspecified atom stereocenters. The zero-order valence-electron chi connectivity index (χ0n) is 16.4. The highest BCUT2D eigenvalue weighted by Gasteiger charge is 2.35. The maximum atomic E-state index is 12.8. The van der Waals surface area contributed by atoms with Crippen LogP contribution in [0.1, 0.15) is 36.2 Å². The third-order valence-corrected chi connectivity index (χ3v) is 4.66. The molecule has 0 radical (unpaired) electrons. The van der Waals surface area contributed by atoms with E-state index in [0.717, 1.165) is 11.3 Å². The van der Waals surface area contributed by atoms with E-state index in [4.69, 9.17) is 0 Å². The molecule has 1 aliphatic rings. The van der Waals surface area contributed by atoms with Gasteiger partial charge in [0.1, 0.15) is 0 Å². The summed E-state index contributed by atoms with van der Waals surface area (Å²) in [5.74, 6) is -1.03. The molecule has 3 amide bonds. The minimum Gasteiger partial charge on any atom is -0.350 e. The molecule has 1 heterocycles. The second-order valence-corrected chi connectivity index (χ2v) is 7.41. The molecule has 6 nitrogen and oxygen atoms in total. The van der Waals surface area contributed by atoms with E-state index in [1.807, 2.05) is 45.0 Å². The van der Waals surface area contributed by atoms with Gasteiger partial charge in [-0.05, 0) is 50.6 Å². The fraction of sp³-hybridized carbons (Fsp3) is 0.318. The molecular weight excluding hydrogens is 354 g/mol. The lowest BCUT2D eigenvalue weighted by molar-refractivity contribution is -0.122. The number of carbonyl (C=O) groups is 3. The first-order valence-electron chi connectivity index (χ1n) is 9.43. The molecule has 1 atom stereocenters. The zero-order chi connectivity index (χ0) is 20.3. The number of rotatable bonds is 5. The number of benzene rings is 2. The smallest absolute Gasteiger partial charge is 0.253 e. The van der Waals surface area contributed by atoms with Crippen LogP contribution in [-0.2, 0) is 9.59 Å². The second-order valence-electron chi connectivity index (χ2n) is 7.41. The van der Waals surface area contributed by atoms with E-state index in [2.05, 4.69) is 10.6 Å². The zero-order valence-corrected chi connectivity index (χ0v) is 16.4. The van der Waals surface area contributed by atoms with Gasteiger partial charge in [-0.1, -0.05) is 24.3 Å². The summed E-state index contributed by atoms with van der Waals surface area (Å²) < 4.78 is 0. The third-order valence-electron chi connectivity index (χ3n) is 4.66. The van der Waals surface area contributed by atoms with Crippen LogP contribution in [0, 0.1) is 12.8 Å². The number of hydrogen-bond acceptors (Lipinski definition) is 3. The summed E-state index contributed by atoms with van der Waals surface area (Å²) in [4.78, 5) is 39.2. The minimum atomic E-state index is -0.464. The molecule has 2 N–H and O–H groups in total. The number of amides is 3. The van der Waals surface area contributed by atoms with Crippen molar-refractivity contribution in [3.63, 3.8) is 0 Å². The Bertz CT molecular complexity index is 907. The topological polar surface area (TPSA) is 78.5 Å². The molecule has 0 aliphatic carbocycles. The van der Waals surface area contributed by atoms with Crippen molar-refractivity contribution in [2.24, 2.45) is 5.92 Å². The van der Waals surface area contributed by atoms with Crippen molar-refractivity contribution in [2.75, 3.05) is 16.8 Å². The van der Waals surface area contributed by atoms with Crippen LogP contribution in [0.25, 0.3) is 0 Å². The third kappa shape index (κ3) is 4.39. The van der Waals surface area contributed by atoms with Gasteiger partial charge in [0.05, 0.1) is 17.2 Å². The molecule has 0 bridgehead atoms. The van der Waals surface area contributed by atoms with E-state index in [9.17, 15) is 14.4 Å². The Morgan fingerprint density at radius 3 is 2.57 bits per heavy atom. The lowest BCUT2D eigenvalue weighted by Gasteiger charge is -2.18. The fourth-order valence-electron chi connectivity index (χ4n) is 3.29. The highest BCUT2D eigenvalue weighted by molar-refractivity contribution is 6.07. The summed E-state index contributed by atoms with van der Waals surface area (Å²) in [6.07, 6.45) is 0.153. The number of hydrogen-bond donors (Lipinski definition) is 2. The lowest BCUT2D eigenvalue weighted by Crippen LogP contribution is -2.32. The van der Waals surface area contributed by atoms with Crippen LogP contribution >= 0.6 is 0 Å². The van der Waals surface area contributed by atoms with E-state index < -0.39 is 5.92 Å².